The maximum atomic E-state index is 5.20. The van der Waals surface area contributed by atoms with Gasteiger partial charge in [-0.1, -0.05) is 0 Å². The van der Waals surface area contributed by atoms with E-state index >= 15 is 0 Å². The largest absolute Gasteiger partial charge is 0.383 e. The van der Waals surface area contributed by atoms with Crippen molar-refractivity contribution in [1.82, 2.24) is 10.2 Å². The van der Waals surface area contributed by atoms with Crippen molar-refractivity contribution in [3.05, 3.63) is 0 Å². The highest BCUT2D eigenvalue weighted by Crippen LogP contribution is 2.29. The third kappa shape index (κ3) is 4.43. The lowest BCUT2D eigenvalue weighted by atomic mass is 10.4. The van der Waals surface area contributed by atoms with Crippen LogP contribution in [-0.2, 0) is 4.74 Å². The van der Waals surface area contributed by atoms with E-state index in [0.717, 1.165) is 24.1 Å². The van der Waals surface area contributed by atoms with Crippen molar-refractivity contribution in [2.24, 2.45) is 5.92 Å². The number of rotatable bonds is 5. The quantitative estimate of drug-likeness (QED) is 0.528. The normalized spacial score (nSPS) is 15.5. The van der Waals surface area contributed by atoms with Crippen LogP contribution in [-0.4, -0.2) is 43.9 Å². The fourth-order valence-electron chi connectivity index (χ4n) is 1.17. The predicted octanol–water partition coefficient (Wildman–Crippen LogP) is 0.849. The molecule has 0 aromatic heterocycles. The summed E-state index contributed by atoms with van der Waals surface area (Å²) in [7, 11) is 3.74. The average molecular weight is 202 g/mol. The molecule has 4 heteroatoms. The molecule has 1 N–H and O–H groups in total. The van der Waals surface area contributed by atoms with Crippen molar-refractivity contribution in [2.45, 2.75) is 12.8 Å². The van der Waals surface area contributed by atoms with Gasteiger partial charge in [0.15, 0.2) is 5.11 Å². The monoisotopic (exact) mass is 202 g/mol. The Labute approximate surface area is 85.4 Å². The van der Waals surface area contributed by atoms with E-state index in [9.17, 15) is 0 Å². The number of ether oxygens (including phenoxy) is 1. The number of nitrogens with one attached hydrogen (secondary N) is 1. The van der Waals surface area contributed by atoms with Crippen LogP contribution in [0.15, 0.2) is 0 Å². The number of methoxy groups -OCH3 is 1. The molecule has 1 aliphatic rings. The molecule has 1 rings (SSSR count). The lowest BCUT2D eigenvalue weighted by Gasteiger charge is -2.20. The Bertz CT molecular complexity index is 171. The minimum atomic E-state index is 0.706. The molecule has 0 aliphatic heterocycles. The first-order valence-electron chi connectivity index (χ1n) is 4.72. The molecular formula is C9H18N2OS. The van der Waals surface area contributed by atoms with Gasteiger partial charge in [-0.3, -0.25) is 0 Å². The zero-order valence-electron chi connectivity index (χ0n) is 8.38. The van der Waals surface area contributed by atoms with Crippen LogP contribution >= 0.6 is 12.2 Å². The molecule has 1 aliphatic carbocycles. The van der Waals surface area contributed by atoms with Crippen LogP contribution in [0.3, 0.4) is 0 Å². The van der Waals surface area contributed by atoms with Crippen LogP contribution < -0.4 is 5.32 Å². The van der Waals surface area contributed by atoms with Crippen molar-refractivity contribution in [2.75, 3.05) is 33.9 Å². The van der Waals surface area contributed by atoms with Gasteiger partial charge in [-0.25, -0.2) is 0 Å². The maximum Gasteiger partial charge on any atom is 0.168 e. The SMILES string of the molecule is COCCNC(=S)N(C)CC1CC1. The summed E-state index contributed by atoms with van der Waals surface area (Å²) in [5, 5.41) is 3.99. The summed E-state index contributed by atoms with van der Waals surface area (Å²) in [5.74, 6) is 0.882. The van der Waals surface area contributed by atoms with Gasteiger partial charge in [-0.2, -0.15) is 0 Å². The van der Waals surface area contributed by atoms with Gasteiger partial charge in [-0.05, 0) is 31.0 Å². The molecule has 0 spiro atoms. The Morgan fingerprint density at radius 1 is 1.62 bits per heavy atom. The van der Waals surface area contributed by atoms with Crippen molar-refractivity contribution in [3.8, 4) is 0 Å². The van der Waals surface area contributed by atoms with Gasteiger partial charge in [0.25, 0.3) is 0 Å². The second-order valence-electron chi connectivity index (χ2n) is 3.55. The summed E-state index contributed by atoms with van der Waals surface area (Å²) in [6.07, 6.45) is 2.73. The first-order chi connectivity index (χ1) is 6.24. The lowest BCUT2D eigenvalue weighted by Crippen LogP contribution is -2.39. The summed E-state index contributed by atoms with van der Waals surface area (Å²) < 4.78 is 4.92. The minimum Gasteiger partial charge on any atom is -0.383 e. The number of thiocarbonyl (C=S) groups is 1. The second kappa shape index (κ2) is 5.40. The highest BCUT2D eigenvalue weighted by Gasteiger charge is 2.23. The summed E-state index contributed by atoms with van der Waals surface area (Å²) in [5.41, 5.74) is 0. The molecule has 0 bridgehead atoms. The number of hydrogen-bond donors (Lipinski definition) is 1. The van der Waals surface area contributed by atoms with E-state index in [1.165, 1.54) is 12.8 Å². The smallest absolute Gasteiger partial charge is 0.168 e. The van der Waals surface area contributed by atoms with Crippen LogP contribution in [0.25, 0.3) is 0 Å². The Morgan fingerprint density at radius 2 is 2.31 bits per heavy atom. The van der Waals surface area contributed by atoms with Crippen LogP contribution in [0.1, 0.15) is 12.8 Å². The zero-order valence-corrected chi connectivity index (χ0v) is 9.19. The van der Waals surface area contributed by atoms with Crippen LogP contribution in [0.5, 0.6) is 0 Å². The summed E-state index contributed by atoms with van der Waals surface area (Å²) in [4.78, 5) is 2.11. The second-order valence-corrected chi connectivity index (χ2v) is 3.94. The molecule has 0 atom stereocenters. The Morgan fingerprint density at radius 3 is 2.85 bits per heavy atom. The maximum absolute atomic E-state index is 5.20. The van der Waals surface area contributed by atoms with Gasteiger partial charge >= 0.3 is 0 Å². The van der Waals surface area contributed by atoms with Crippen LogP contribution in [0, 0.1) is 5.92 Å². The molecule has 0 aromatic carbocycles. The average Bonchev–Trinajstić information content (AvgIpc) is 2.88. The molecule has 1 fully saturated rings. The van der Waals surface area contributed by atoms with Crippen molar-refractivity contribution in [3.63, 3.8) is 0 Å². The fourth-order valence-corrected chi connectivity index (χ4v) is 1.34. The lowest BCUT2D eigenvalue weighted by molar-refractivity contribution is 0.203. The van der Waals surface area contributed by atoms with Crippen molar-refractivity contribution < 1.29 is 4.74 Å². The first-order valence-corrected chi connectivity index (χ1v) is 5.12. The van der Waals surface area contributed by atoms with Crippen molar-refractivity contribution in [1.29, 1.82) is 0 Å². The zero-order chi connectivity index (χ0) is 9.68. The van der Waals surface area contributed by atoms with Gasteiger partial charge < -0.3 is 15.0 Å². The van der Waals surface area contributed by atoms with Crippen LogP contribution in [0.2, 0.25) is 0 Å². The van der Waals surface area contributed by atoms with Gasteiger partial charge in [0.2, 0.25) is 0 Å². The van der Waals surface area contributed by atoms with Gasteiger partial charge in [-0.15, -0.1) is 0 Å². The van der Waals surface area contributed by atoms with E-state index in [-0.39, 0.29) is 0 Å². The minimum absolute atomic E-state index is 0.706. The van der Waals surface area contributed by atoms with E-state index < -0.39 is 0 Å². The molecule has 0 amide bonds. The van der Waals surface area contributed by atoms with Crippen LogP contribution in [0.4, 0.5) is 0 Å². The molecule has 1 saturated carbocycles. The standard InChI is InChI=1S/C9H18N2OS/c1-11(7-8-3-4-8)9(13)10-5-6-12-2/h8H,3-7H2,1-2H3,(H,10,13). The van der Waals surface area contributed by atoms with Gasteiger partial charge in [0, 0.05) is 27.2 Å². The third-order valence-electron chi connectivity index (χ3n) is 2.16. The number of nitrogens with zero attached hydrogens (tertiary/aromatic N) is 1. The molecule has 0 heterocycles. The summed E-state index contributed by atoms with van der Waals surface area (Å²) in [6, 6.07) is 0. The molecule has 0 radical (unpaired) electrons. The van der Waals surface area contributed by atoms with E-state index in [0.29, 0.717) is 6.61 Å². The Balaban J connectivity index is 2.05. The molecule has 0 unspecified atom stereocenters. The van der Waals surface area contributed by atoms with Gasteiger partial charge in [0.1, 0.15) is 0 Å². The molecule has 0 saturated heterocycles. The predicted molar refractivity (Wildman–Crippen MR) is 57.8 cm³/mol. The van der Waals surface area contributed by atoms with E-state index in [1.807, 2.05) is 7.05 Å². The fraction of sp³-hybridized carbons (Fsp3) is 0.889. The Hall–Kier alpha value is -0.350. The molecule has 13 heavy (non-hydrogen) atoms. The van der Waals surface area contributed by atoms with E-state index in [2.05, 4.69) is 10.2 Å². The third-order valence-corrected chi connectivity index (χ3v) is 2.61. The molecule has 0 aromatic rings. The molecule has 76 valence electrons. The van der Waals surface area contributed by atoms with E-state index in [4.69, 9.17) is 17.0 Å². The molecule has 3 nitrogen and oxygen atoms in total. The van der Waals surface area contributed by atoms with Gasteiger partial charge in [0.05, 0.1) is 6.61 Å². The first kappa shape index (κ1) is 10.7. The topological polar surface area (TPSA) is 24.5 Å². The summed E-state index contributed by atoms with van der Waals surface area (Å²) >= 11 is 5.20. The highest BCUT2D eigenvalue weighted by atomic mass is 32.1. The van der Waals surface area contributed by atoms with Crippen molar-refractivity contribution >= 4 is 17.3 Å². The molecular weight excluding hydrogens is 184 g/mol. The van der Waals surface area contributed by atoms with E-state index in [1.54, 1.807) is 7.11 Å². The summed E-state index contributed by atoms with van der Waals surface area (Å²) in [6.45, 7) is 2.60. The highest BCUT2D eigenvalue weighted by molar-refractivity contribution is 7.80. The Kier molecular flexibility index (Phi) is 4.45. The number of hydrogen-bond acceptors (Lipinski definition) is 2.